The second kappa shape index (κ2) is 4.72. The van der Waals surface area contributed by atoms with E-state index in [2.05, 4.69) is 34.9 Å². The molecular formula is C19H32NO3+. The monoisotopic (exact) mass is 322 g/mol. The van der Waals surface area contributed by atoms with Crippen molar-refractivity contribution in [3.8, 4) is 0 Å². The van der Waals surface area contributed by atoms with Gasteiger partial charge in [0.1, 0.15) is 17.6 Å². The van der Waals surface area contributed by atoms with Gasteiger partial charge in [-0.2, -0.15) is 0 Å². The second-order valence-electron chi connectivity index (χ2n) is 9.43. The summed E-state index contributed by atoms with van der Waals surface area (Å²) in [6.45, 7) is 8.70. The number of ether oxygens (including phenoxy) is 2. The number of rotatable bonds is 3. The van der Waals surface area contributed by atoms with Gasteiger partial charge in [-0.25, -0.2) is 0 Å². The maximum Gasteiger partial charge on any atom is 0.315 e. The first-order valence-corrected chi connectivity index (χ1v) is 9.46. The van der Waals surface area contributed by atoms with Crippen molar-refractivity contribution in [2.45, 2.75) is 63.8 Å². The van der Waals surface area contributed by atoms with Crippen molar-refractivity contribution in [2.24, 2.45) is 23.7 Å². The van der Waals surface area contributed by atoms with E-state index >= 15 is 0 Å². The number of carbonyl (C=O) groups is 1. The third-order valence-corrected chi connectivity index (χ3v) is 7.64. The van der Waals surface area contributed by atoms with Gasteiger partial charge in [0.15, 0.2) is 0 Å². The van der Waals surface area contributed by atoms with Gasteiger partial charge in [0.05, 0.1) is 32.8 Å². The molecule has 0 aromatic heterocycles. The van der Waals surface area contributed by atoms with Gasteiger partial charge in [0.25, 0.3) is 0 Å². The van der Waals surface area contributed by atoms with Crippen LogP contribution in [0.4, 0.5) is 0 Å². The summed E-state index contributed by atoms with van der Waals surface area (Å²) in [5, 5.41) is 0. The molecule has 0 amide bonds. The number of fused-ring (bicyclic) bond motifs is 1. The molecule has 7 atom stereocenters. The van der Waals surface area contributed by atoms with Gasteiger partial charge in [-0.15, -0.1) is 0 Å². The van der Waals surface area contributed by atoms with E-state index in [-0.39, 0.29) is 29.2 Å². The molecule has 23 heavy (non-hydrogen) atoms. The molecule has 0 N–H and O–H groups in total. The molecule has 4 heteroatoms. The maximum atomic E-state index is 12.9. The van der Waals surface area contributed by atoms with Crippen LogP contribution < -0.4 is 0 Å². The zero-order valence-corrected chi connectivity index (χ0v) is 15.3. The minimum Gasteiger partial charge on any atom is -0.455 e. The molecular weight excluding hydrogens is 290 g/mol. The van der Waals surface area contributed by atoms with Crippen LogP contribution in [0.2, 0.25) is 0 Å². The minimum absolute atomic E-state index is 0.0316. The van der Waals surface area contributed by atoms with Crippen LogP contribution in [0.15, 0.2) is 0 Å². The van der Waals surface area contributed by atoms with Gasteiger partial charge in [-0.05, 0) is 45.4 Å². The Labute approximate surface area is 140 Å². The first-order chi connectivity index (χ1) is 10.7. The Kier molecular flexibility index (Phi) is 3.26. The number of quaternary nitrogens is 1. The van der Waals surface area contributed by atoms with Crippen LogP contribution in [0.3, 0.4) is 0 Å². The fraction of sp³-hybridized carbons (Fsp3) is 0.947. The normalized spacial score (nSPS) is 51.5. The van der Waals surface area contributed by atoms with Crippen LogP contribution in [0.5, 0.6) is 0 Å². The lowest BCUT2D eigenvalue weighted by molar-refractivity contribution is -0.891. The van der Waals surface area contributed by atoms with Crippen LogP contribution in [-0.2, 0) is 14.3 Å². The third-order valence-electron chi connectivity index (χ3n) is 7.64. The Morgan fingerprint density at radius 2 is 1.96 bits per heavy atom. The van der Waals surface area contributed by atoms with Crippen molar-refractivity contribution in [3.05, 3.63) is 0 Å². The minimum atomic E-state index is -0.319. The quantitative estimate of drug-likeness (QED) is 0.455. The van der Waals surface area contributed by atoms with Crippen molar-refractivity contribution in [1.82, 2.24) is 0 Å². The second-order valence-corrected chi connectivity index (χ2v) is 9.43. The van der Waals surface area contributed by atoms with Gasteiger partial charge < -0.3 is 14.0 Å². The molecule has 4 fully saturated rings. The molecule has 2 aliphatic heterocycles. The van der Waals surface area contributed by atoms with E-state index in [4.69, 9.17) is 9.47 Å². The highest BCUT2D eigenvalue weighted by Crippen LogP contribution is 2.66. The highest BCUT2D eigenvalue weighted by molar-refractivity contribution is 5.77. The Morgan fingerprint density at radius 1 is 1.22 bits per heavy atom. The number of esters is 1. The third kappa shape index (κ3) is 2.07. The predicted octanol–water partition coefficient (Wildman–Crippen LogP) is 2.61. The fourth-order valence-corrected chi connectivity index (χ4v) is 5.92. The molecule has 2 heterocycles. The first-order valence-electron chi connectivity index (χ1n) is 9.46. The summed E-state index contributed by atoms with van der Waals surface area (Å²) >= 11 is 0. The van der Waals surface area contributed by atoms with Gasteiger partial charge in [0.2, 0.25) is 0 Å². The molecule has 0 aromatic rings. The van der Waals surface area contributed by atoms with Crippen LogP contribution in [0.25, 0.3) is 0 Å². The van der Waals surface area contributed by atoms with Crippen LogP contribution in [0.1, 0.15) is 46.5 Å². The van der Waals surface area contributed by atoms with Crippen molar-refractivity contribution < 1.29 is 18.8 Å². The molecule has 0 radical (unpaired) electrons. The van der Waals surface area contributed by atoms with E-state index in [1.807, 2.05) is 0 Å². The maximum absolute atomic E-state index is 12.9. The SMILES string of the molecule is CC[N+](C)(C)C[C@@H]1C(=O)O[C@@]23[C@H](CC[C@@]4(C)O[C@@H]24)[C@H](C)CC[C@H]13. The summed E-state index contributed by atoms with van der Waals surface area (Å²) in [6, 6.07) is 0. The lowest BCUT2D eigenvalue weighted by Gasteiger charge is -2.50. The number of carbonyl (C=O) groups excluding carboxylic acids is 1. The zero-order valence-electron chi connectivity index (χ0n) is 15.3. The molecule has 0 unspecified atom stereocenters. The summed E-state index contributed by atoms with van der Waals surface area (Å²) in [5.74, 6) is 1.58. The first kappa shape index (κ1) is 15.9. The summed E-state index contributed by atoms with van der Waals surface area (Å²) < 4.78 is 13.3. The Bertz CT molecular complexity index is 533. The summed E-state index contributed by atoms with van der Waals surface area (Å²) in [6.07, 6.45) is 4.77. The summed E-state index contributed by atoms with van der Waals surface area (Å²) in [4.78, 5) is 12.9. The van der Waals surface area contributed by atoms with E-state index in [9.17, 15) is 4.79 Å². The molecule has 1 spiro atoms. The number of epoxide rings is 1. The molecule has 0 aromatic carbocycles. The Hall–Kier alpha value is -0.610. The molecule has 130 valence electrons. The highest BCUT2D eigenvalue weighted by Gasteiger charge is 2.77. The smallest absolute Gasteiger partial charge is 0.315 e. The molecule has 4 aliphatic rings. The van der Waals surface area contributed by atoms with Gasteiger partial charge in [-0.1, -0.05) is 6.92 Å². The Balaban J connectivity index is 1.70. The lowest BCUT2D eigenvalue weighted by atomic mass is 9.55. The topological polar surface area (TPSA) is 38.8 Å². The van der Waals surface area contributed by atoms with Crippen LogP contribution in [-0.4, -0.2) is 54.9 Å². The molecule has 2 saturated carbocycles. The van der Waals surface area contributed by atoms with E-state index < -0.39 is 0 Å². The van der Waals surface area contributed by atoms with Gasteiger partial charge >= 0.3 is 5.97 Å². The summed E-state index contributed by atoms with van der Waals surface area (Å²) in [5.41, 5.74) is -0.351. The van der Waals surface area contributed by atoms with Gasteiger partial charge in [0, 0.05) is 11.8 Å². The van der Waals surface area contributed by atoms with Gasteiger partial charge in [-0.3, -0.25) is 4.79 Å². The summed E-state index contributed by atoms with van der Waals surface area (Å²) in [7, 11) is 4.44. The van der Waals surface area contributed by atoms with Crippen molar-refractivity contribution in [2.75, 3.05) is 27.2 Å². The molecule has 4 rings (SSSR count). The van der Waals surface area contributed by atoms with Crippen molar-refractivity contribution in [3.63, 3.8) is 0 Å². The lowest BCUT2D eigenvalue weighted by Crippen LogP contribution is -2.59. The Morgan fingerprint density at radius 3 is 2.65 bits per heavy atom. The number of nitrogens with zero attached hydrogens (tertiary/aromatic N) is 1. The number of hydrogen-bond donors (Lipinski definition) is 0. The van der Waals surface area contributed by atoms with Crippen LogP contribution in [0, 0.1) is 23.7 Å². The molecule has 2 aliphatic carbocycles. The van der Waals surface area contributed by atoms with Crippen LogP contribution >= 0.6 is 0 Å². The van der Waals surface area contributed by atoms with E-state index in [1.54, 1.807) is 0 Å². The average Bonchev–Trinajstić information content (AvgIpc) is 3.11. The van der Waals surface area contributed by atoms with Crippen molar-refractivity contribution in [1.29, 1.82) is 0 Å². The largest absolute Gasteiger partial charge is 0.455 e. The van der Waals surface area contributed by atoms with E-state index in [0.29, 0.717) is 17.8 Å². The highest BCUT2D eigenvalue weighted by atomic mass is 16.7. The zero-order chi connectivity index (χ0) is 16.6. The fourth-order valence-electron chi connectivity index (χ4n) is 5.92. The van der Waals surface area contributed by atoms with E-state index in [1.165, 1.54) is 6.42 Å². The predicted molar refractivity (Wildman–Crippen MR) is 87.7 cm³/mol. The number of hydrogen-bond acceptors (Lipinski definition) is 3. The molecule has 4 nitrogen and oxygen atoms in total. The average molecular weight is 322 g/mol. The molecule has 0 bridgehead atoms. The van der Waals surface area contributed by atoms with Crippen molar-refractivity contribution >= 4 is 5.97 Å². The molecule has 2 saturated heterocycles. The van der Waals surface area contributed by atoms with E-state index in [0.717, 1.165) is 36.8 Å². The standard InChI is InChI=1S/C19H32NO3/c1-6-20(4,5)11-13-15-8-7-12(2)14-9-10-18(3)17(23-18)19(14,15)22-16(13)21/h12-15,17H,6-11H2,1-5H3/q+1/t12-,13+,14-,15-,17-,18-,19-/m1/s1.